The highest BCUT2D eigenvalue weighted by Gasteiger charge is 2.17. The zero-order valence-electron chi connectivity index (χ0n) is 23.3. The van der Waals surface area contributed by atoms with E-state index in [0.29, 0.717) is 6.42 Å². The van der Waals surface area contributed by atoms with Crippen molar-refractivity contribution in [3.05, 3.63) is 0 Å². The van der Waals surface area contributed by atoms with Gasteiger partial charge in [0.1, 0.15) is 0 Å². The molecule has 0 fully saturated rings. The third-order valence-electron chi connectivity index (χ3n) is 5.18. The summed E-state index contributed by atoms with van der Waals surface area (Å²) in [4.78, 5) is 24.7. The third-order valence-corrected chi connectivity index (χ3v) is 5.18. The highest BCUT2D eigenvalue weighted by Crippen LogP contribution is 2.07. The van der Waals surface area contributed by atoms with Gasteiger partial charge >= 0.3 is 11.9 Å². The monoisotopic (exact) mass is 532 g/mol. The number of hydrogen-bond donors (Lipinski definition) is 2. The summed E-state index contributed by atoms with van der Waals surface area (Å²) in [5.74, 6) is -2.84. The Morgan fingerprint density at radius 2 is 0.941 bits per heavy atom. The first-order valence-corrected chi connectivity index (χ1v) is 12.9. The average Bonchev–Trinajstić information content (AvgIpc) is 2.71. The molecular weight excluding hydrogens is 475 g/mol. The van der Waals surface area contributed by atoms with Crippen LogP contribution in [0.1, 0.15) is 111 Å². The molecule has 0 rings (SSSR count). The smallest absolute Gasteiger partial charge is 0.307 e. The Hall–Kier alpha value is -0.560. The fourth-order valence-corrected chi connectivity index (χ4v) is 3.03. The zero-order chi connectivity index (χ0) is 25.2. The summed E-state index contributed by atoms with van der Waals surface area (Å²) in [6, 6.07) is 0. The van der Waals surface area contributed by atoms with Crippen LogP contribution in [-0.2, 0) is 9.59 Å². The second-order valence-electron chi connectivity index (χ2n) is 9.18. The van der Waals surface area contributed by atoms with E-state index in [4.69, 9.17) is 10.2 Å². The normalized spacial score (nSPS) is 10.7. The first kappa shape index (κ1) is 43.5. The minimum Gasteiger partial charge on any atom is -0.481 e. The molecule has 0 radical (unpaired) electrons. The van der Waals surface area contributed by atoms with Gasteiger partial charge in [0.15, 0.2) is 0 Å². The SMILES string of the molecule is CCC(CC(=O)O)C(=O)O.CCCCCCCCN(C)C.CCCCCCCCN(C)C.Cl.Cl. The van der Waals surface area contributed by atoms with Crippen LogP contribution < -0.4 is 0 Å². The van der Waals surface area contributed by atoms with Crippen molar-refractivity contribution in [2.45, 2.75) is 111 Å². The molecule has 0 aromatic rings. The molecule has 34 heavy (non-hydrogen) atoms. The van der Waals surface area contributed by atoms with Gasteiger partial charge in [-0.3, -0.25) is 9.59 Å². The van der Waals surface area contributed by atoms with Gasteiger partial charge in [-0.2, -0.15) is 0 Å². The zero-order valence-corrected chi connectivity index (χ0v) is 24.9. The standard InChI is InChI=1S/2C10H23N.C6H10O4.2ClH/c2*1-4-5-6-7-8-9-10-11(2)3;1-2-4(6(9)10)3-5(7)8;;/h2*4-10H2,1-3H3;4H,2-3H2,1H3,(H,7,8)(H,9,10);2*1H. The van der Waals surface area contributed by atoms with E-state index in [-0.39, 0.29) is 31.2 Å². The molecule has 0 aromatic carbocycles. The van der Waals surface area contributed by atoms with Gasteiger partial charge in [0.25, 0.3) is 0 Å². The highest BCUT2D eigenvalue weighted by atomic mass is 35.5. The average molecular weight is 534 g/mol. The van der Waals surface area contributed by atoms with Crippen LogP contribution in [-0.4, -0.2) is 73.2 Å². The Morgan fingerprint density at radius 3 is 1.15 bits per heavy atom. The van der Waals surface area contributed by atoms with Crippen LogP contribution in [0.4, 0.5) is 0 Å². The van der Waals surface area contributed by atoms with Crippen molar-refractivity contribution in [1.29, 1.82) is 0 Å². The lowest BCUT2D eigenvalue weighted by Crippen LogP contribution is -2.16. The van der Waals surface area contributed by atoms with Crippen LogP contribution in [0.3, 0.4) is 0 Å². The van der Waals surface area contributed by atoms with Crippen LogP contribution in [0.25, 0.3) is 0 Å². The summed E-state index contributed by atoms with van der Waals surface area (Å²) in [7, 11) is 8.58. The maximum atomic E-state index is 10.2. The van der Waals surface area contributed by atoms with Crippen molar-refractivity contribution in [3.8, 4) is 0 Å². The predicted octanol–water partition coefficient (Wildman–Crippen LogP) is 7.23. The minimum atomic E-state index is -1.06. The van der Waals surface area contributed by atoms with E-state index in [9.17, 15) is 9.59 Å². The van der Waals surface area contributed by atoms with E-state index in [0.717, 1.165) is 0 Å². The van der Waals surface area contributed by atoms with Crippen molar-refractivity contribution in [2.75, 3.05) is 41.3 Å². The van der Waals surface area contributed by atoms with Crippen molar-refractivity contribution >= 4 is 36.8 Å². The highest BCUT2D eigenvalue weighted by molar-refractivity contribution is 5.85. The van der Waals surface area contributed by atoms with E-state index in [1.165, 1.54) is 90.1 Å². The lowest BCUT2D eigenvalue weighted by atomic mass is 10.0. The number of carbonyl (C=O) groups is 2. The molecule has 1 atom stereocenters. The molecule has 8 heteroatoms. The van der Waals surface area contributed by atoms with Crippen molar-refractivity contribution in [1.82, 2.24) is 9.80 Å². The quantitative estimate of drug-likeness (QED) is 0.181. The first-order chi connectivity index (χ1) is 15.1. The van der Waals surface area contributed by atoms with Crippen molar-refractivity contribution in [3.63, 3.8) is 0 Å². The Labute approximate surface area is 224 Å². The molecule has 0 heterocycles. The molecule has 0 aliphatic rings. The van der Waals surface area contributed by atoms with Gasteiger partial charge in [0, 0.05) is 0 Å². The number of rotatable bonds is 18. The van der Waals surface area contributed by atoms with Crippen molar-refractivity contribution < 1.29 is 19.8 Å². The van der Waals surface area contributed by atoms with Crippen LogP contribution in [0.2, 0.25) is 0 Å². The summed E-state index contributed by atoms with van der Waals surface area (Å²) in [5.41, 5.74) is 0. The molecule has 0 bridgehead atoms. The maximum Gasteiger partial charge on any atom is 0.307 e. The van der Waals surface area contributed by atoms with Gasteiger partial charge in [-0.1, -0.05) is 85.0 Å². The molecule has 0 aliphatic heterocycles. The molecule has 0 saturated carbocycles. The number of aliphatic carboxylic acids is 2. The summed E-state index contributed by atoms with van der Waals surface area (Å²) < 4.78 is 0. The lowest BCUT2D eigenvalue weighted by molar-refractivity contribution is -0.148. The van der Waals surface area contributed by atoms with E-state index < -0.39 is 17.9 Å². The molecular formula is C26H58Cl2N2O4. The van der Waals surface area contributed by atoms with E-state index in [1.807, 2.05) is 0 Å². The largest absolute Gasteiger partial charge is 0.481 e. The Morgan fingerprint density at radius 1 is 0.618 bits per heavy atom. The molecule has 6 nitrogen and oxygen atoms in total. The Bertz CT molecular complexity index is 392. The summed E-state index contributed by atoms with van der Waals surface area (Å²) in [6.45, 7) is 8.69. The molecule has 0 spiro atoms. The van der Waals surface area contributed by atoms with E-state index in [2.05, 4.69) is 51.8 Å². The number of unbranched alkanes of at least 4 members (excludes halogenated alkanes) is 10. The first-order valence-electron chi connectivity index (χ1n) is 12.9. The summed E-state index contributed by atoms with van der Waals surface area (Å²) in [6.07, 6.45) is 16.9. The molecule has 210 valence electrons. The predicted molar refractivity (Wildman–Crippen MR) is 152 cm³/mol. The number of carboxylic acids is 2. The van der Waals surface area contributed by atoms with E-state index >= 15 is 0 Å². The van der Waals surface area contributed by atoms with Crippen molar-refractivity contribution in [2.24, 2.45) is 5.92 Å². The van der Waals surface area contributed by atoms with E-state index in [1.54, 1.807) is 6.92 Å². The second kappa shape index (κ2) is 34.6. The number of nitrogens with zero attached hydrogens (tertiary/aromatic N) is 2. The summed E-state index contributed by atoms with van der Waals surface area (Å²) in [5, 5.41) is 16.6. The lowest BCUT2D eigenvalue weighted by Gasteiger charge is -2.08. The topological polar surface area (TPSA) is 81.1 Å². The molecule has 0 aliphatic carbocycles. The number of halogens is 2. The fraction of sp³-hybridized carbons (Fsp3) is 0.923. The maximum absolute atomic E-state index is 10.2. The second-order valence-corrected chi connectivity index (χ2v) is 9.18. The molecule has 0 saturated heterocycles. The van der Waals surface area contributed by atoms with Crippen LogP contribution in [0.5, 0.6) is 0 Å². The van der Waals surface area contributed by atoms with Gasteiger partial charge in [-0.25, -0.2) is 0 Å². The van der Waals surface area contributed by atoms with Gasteiger partial charge in [0.2, 0.25) is 0 Å². The van der Waals surface area contributed by atoms with Crippen LogP contribution in [0, 0.1) is 5.92 Å². The fourth-order valence-electron chi connectivity index (χ4n) is 3.03. The Kier molecular flexibility index (Phi) is 44.3. The third kappa shape index (κ3) is 45.0. The minimum absolute atomic E-state index is 0. The van der Waals surface area contributed by atoms with Crippen LogP contribution in [0.15, 0.2) is 0 Å². The summed E-state index contributed by atoms with van der Waals surface area (Å²) >= 11 is 0. The molecule has 0 amide bonds. The number of carboxylic acid groups (broad SMARTS) is 2. The molecule has 2 N–H and O–H groups in total. The molecule has 1 unspecified atom stereocenters. The van der Waals surface area contributed by atoms with Gasteiger partial charge in [-0.15, -0.1) is 24.8 Å². The van der Waals surface area contributed by atoms with Crippen LogP contribution >= 0.6 is 24.8 Å². The number of hydrogen-bond acceptors (Lipinski definition) is 4. The van der Waals surface area contributed by atoms with Gasteiger partial charge in [-0.05, 0) is 60.5 Å². The molecule has 0 aromatic heterocycles. The van der Waals surface area contributed by atoms with Gasteiger partial charge in [0.05, 0.1) is 12.3 Å². The van der Waals surface area contributed by atoms with Gasteiger partial charge < -0.3 is 20.0 Å². The Balaban J connectivity index is -0.000000120.